The van der Waals surface area contributed by atoms with Crippen LogP contribution in [0.3, 0.4) is 0 Å². The third-order valence-corrected chi connectivity index (χ3v) is 5.73. The molecule has 4 rings (SSSR count). The fraction of sp³-hybridized carbons (Fsp3) is 0.240. The topological polar surface area (TPSA) is 91.4 Å². The van der Waals surface area contributed by atoms with Gasteiger partial charge in [-0.3, -0.25) is 4.79 Å². The van der Waals surface area contributed by atoms with Gasteiger partial charge in [-0.2, -0.15) is 5.10 Å². The summed E-state index contributed by atoms with van der Waals surface area (Å²) in [6, 6.07) is 10.5. The molecule has 0 amide bonds. The number of methoxy groups -OCH3 is 2. The van der Waals surface area contributed by atoms with E-state index in [2.05, 4.69) is 10.1 Å². The van der Waals surface area contributed by atoms with Gasteiger partial charge in [0.05, 0.1) is 49.7 Å². The molecule has 2 heterocycles. The highest BCUT2D eigenvalue weighted by atomic mass is 19.1. The van der Waals surface area contributed by atoms with E-state index in [1.54, 1.807) is 43.6 Å². The number of ether oxygens (including phenoxy) is 2. The van der Waals surface area contributed by atoms with E-state index in [0.29, 0.717) is 16.9 Å². The average molecular weight is 464 g/mol. The van der Waals surface area contributed by atoms with Crippen LogP contribution in [0.15, 0.2) is 66.0 Å². The van der Waals surface area contributed by atoms with Crippen LogP contribution in [0.5, 0.6) is 11.5 Å². The summed E-state index contributed by atoms with van der Waals surface area (Å²) in [5.74, 6) is 0.292. The molecule has 4 aromatic rings. The Balaban J connectivity index is 1.77. The number of imidazole rings is 1. The van der Waals surface area contributed by atoms with Gasteiger partial charge in [-0.15, -0.1) is 0 Å². The van der Waals surface area contributed by atoms with E-state index < -0.39 is 17.7 Å². The molecule has 2 aromatic carbocycles. The second-order valence-electron chi connectivity index (χ2n) is 7.86. The highest BCUT2D eigenvalue weighted by Gasteiger charge is 2.25. The van der Waals surface area contributed by atoms with Crippen molar-refractivity contribution in [2.75, 3.05) is 14.2 Å². The number of rotatable bonds is 7. The molecule has 2 aromatic heterocycles. The Morgan fingerprint density at radius 1 is 1.03 bits per heavy atom. The minimum Gasteiger partial charge on any atom is -0.495 e. The van der Waals surface area contributed by atoms with Crippen LogP contribution in [0.1, 0.15) is 41.5 Å². The predicted molar refractivity (Wildman–Crippen MR) is 124 cm³/mol. The van der Waals surface area contributed by atoms with Crippen LogP contribution in [-0.2, 0) is 0 Å². The lowest BCUT2D eigenvalue weighted by Crippen LogP contribution is -2.31. The molecule has 0 saturated heterocycles. The van der Waals surface area contributed by atoms with Gasteiger partial charge in [0, 0.05) is 6.20 Å². The van der Waals surface area contributed by atoms with Gasteiger partial charge in [0.2, 0.25) is 0 Å². The van der Waals surface area contributed by atoms with Crippen molar-refractivity contribution in [2.24, 2.45) is 0 Å². The molecule has 0 saturated carbocycles. The lowest BCUT2D eigenvalue weighted by molar-refractivity contribution is 0.210. The maximum atomic E-state index is 13.4. The first kappa shape index (κ1) is 23.2. The first-order chi connectivity index (χ1) is 16.3. The third kappa shape index (κ3) is 4.29. The van der Waals surface area contributed by atoms with Crippen LogP contribution in [0.2, 0.25) is 0 Å². The van der Waals surface area contributed by atoms with Crippen molar-refractivity contribution in [1.29, 1.82) is 0 Å². The maximum Gasteiger partial charge on any atom is 0.277 e. The molecule has 8 nitrogen and oxygen atoms in total. The summed E-state index contributed by atoms with van der Waals surface area (Å²) in [4.78, 5) is 17.7. The number of hydrogen-bond acceptors (Lipinski definition) is 6. The molecular formula is C25H25FN4O4. The number of nitrogens with zero attached hydrogens (tertiary/aromatic N) is 4. The Bertz CT molecular complexity index is 1360. The van der Waals surface area contributed by atoms with Crippen molar-refractivity contribution in [2.45, 2.75) is 26.0 Å². The molecular weight excluding hydrogens is 439 g/mol. The molecule has 34 heavy (non-hydrogen) atoms. The van der Waals surface area contributed by atoms with Crippen molar-refractivity contribution in [3.8, 4) is 17.2 Å². The first-order valence-electron chi connectivity index (χ1n) is 10.6. The molecule has 0 aliphatic carbocycles. The smallest absolute Gasteiger partial charge is 0.277 e. The van der Waals surface area contributed by atoms with Crippen LogP contribution in [0.4, 0.5) is 4.39 Å². The van der Waals surface area contributed by atoms with Gasteiger partial charge >= 0.3 is 0 Å². The fourth-order valence-corrected chi connectivity index (χ4v) is 3.84. The summed E-state index contributed by atoms with van der Waals surface area (Å²) < 4.78 is 27.3. The van der Waals surface area contributed by atoms with Crippen molar-refractivity contribution in [3.63, 3.8) is 0 Å². The number of aryl methyl sites for hydroxylation is 1. The third-order valence-electron chi connectivity index (χ3n) is 5.73. The Morgan fingerprint density at radius 2 is 1.71 bits per heavy atom. The zero-order chi connectivity index (χ0) is 24.4. The van der Waals surface area contributed by atoms with Crippen molar-refractivity contribution < 1.29 is 19.0 Å². The van der Waals surface area contributed by atoms with Gasteiger partial charge in [0.15, 0.2) is 5.75 Å². The Kier molecular flexibility index (Phi) is 6.47. The molecule has 1 N–H and O–H groups in total. The highest BCUT2D eigenvalue weighted by molar-refractivity contribution is 5.51. The normalized spacial score (nSPS) is 12.9. The van der Waals surface area contributed by atoms with Gasteiger partial charge in [-0.25, -0.2) is 14.1 Å². The number of aliphatic hydroxyl groups excluding tert-OH is 1. The zero-order valence-corrected chi connectivity index (χ0v) is 19.3. The molecule has 0 radical (unpaired) electrons. The van der Waals surface area contributed by atoms with E-state index in [1.807, 2.05) is 17.7 Å². The summed E-state index contributed by atoms with van der Waals surface area (Å²) in [5.41, 5.74) is 2.26. The summed E-state index contributed by atoms with van der Waals surface area (Å²) in [6.45, 7) is 3.66. The highest BCUT2D eigenvalue weighted by Crippen LogP contribution is 2.32. The van der Waals surface area contributed by atoms with Crippen LogP contribution < -0.4 is 15.0 Å². The SMILES string of the molecule is COc1cc(C(O)c2c(OC)cnn([C@@H](C)c3ccc(F)cc3)c2=O)ccc1-n1cnc(C)c1. The Hall–Kier alpha value is -3.98. The molecule has 0 spiro atoms. The second kappa shape index (κ2) is 9.48. The number of benzene rings is 2. The van der Waals surface area contributed by atoms with Gasteiger partial charge in [0.25, 0.3) is 5.56 Å². The summed E-state index contributed by atoms with van der Waals surface area (Å²) in [6.07, 6.45) is 3.62. The number of halogens is 1. The fourth-order valence-electron chi connectivity index (χ4n) is 3.84. The molecule has 0 aliphatic rings. The van der Waals surface area contributed by atoms with Crippen molar-refractivity contribution >= 4 is 0 Å². The monoisotopic (exact) mass is 464 g/mol. The standard InChI is InChI=1S/C25H25FN4O4/c1-15-13-29(14-27-15)20-10-7-18(11-21(20)33-3)24(31)23-22(34-4)12-28-30(25(23)32)16(2)17-5-8-19(26)9-6-17/h5-14,16,24,31H,1-4H3/t16-,24?/m0/s1. The van der Waals surface area contributed by atoms with E-state index >= 15 is 0 Å². The zero-order valence-electron chi connectivity index (χ0n) is 19.3. The summed E-state index contributed by atoms with van der Waals surface area (Å²) in [5, 5.41) is 15.5. The lowest BCUT2D eigenvalue weighted by Gasteiger charge is -2.20. The van der Waals surface area contributed by atoms with Gasteiger partial charge in [-0.05, 0) is 49.2 Å². The Morgan fingerprint density at radius 3 is 2.32 bits per heavy atom. The van der Waals surface area contributed by atoms with Gasteiger partial charge in [0.1, 0.15) is 17.7 Å². The van der Waals surface area contributed by atoms with Crippen LogP contribution in [0.25, 0.3) is 5.69 Å². The number of aromatic nitrogens is 4. The largest absolute Gasteiger partial charge is 0.495 e. The number of hydrogen-bond donors (Lipinski definition) is 1. The van der Waals surface area contributed by atoms with Crippen LogP contribution in [0, 0.1) is 12.7 Å². The Labute approximate surface area is 195 Å². The van der Waals surface area contributed by atoms with Crippen LogP contribution in [-0.4, -0.2) is 38.7 Å². The van der Waals surface area contributed by atoms with E-state index in [-0.39, 0.29) is 17.1 Å². The van der Waals surface area contributed by atoms with E-state index in [0.717, 1.165) is 11.4 Å². The molecule has 1 unspecified atom stereocenters. The van der Waals surface area contributed by atoms with Crippen molar-refractivity contribution in [3.05, 3.63) is 99.7 Å². The van der Waals surface area contributed by atoms with E-state index in [9.17, 15) is 14.3 Å². The molecule has 0 bridgehead atoms. The molecule has 0 fully saturated rings. The summed E-state index contributed by atoms with van der Waals surface area (Å²) in [7, 11) is 2.94. The minimum absolute atomic E-state index is 0.0414. The average Bonchev–Trinajstić information content (AvgIpc) is 3.29. The molecule has 2 atom stereocenters. The molecule has 176 valence electrons. The second-order valence-corrected chi connectivity index (χ2v) is 7.86. The predicted octanol–water partition coefficient (Wildman–Crippen LogP) is 3.58. The minimum atomic E-state index is -1.30. The molecule has 0 aliphatic heterocycles. The van der Waals surface area contributed by atoms with E-state index in [1.165, 1.54) is 37.2 Å². The maximum absolute atomic E-state index is 13.4. The van der Waals surface area contributed by atoms with Gasteiger partial charge in [-0.1, -0.05) is 18.2 Å². The number of aliphatic hydroxyl groups is 1. The first-order valence-corrected chi connectivity index (χ1v) is 10.6. The van der Waals surface area contributed by atoms with Crippen molar-refractivity contribution in [1.82, 2.24) is 19.3 Å². The van der Waals surface area contributed by atoms with E-state index in [4.69, 9.17) is 9.47 Å². The van der Waals surface area contributed by atoms with Gasteiger partial charge < -0.3 is 19.1 Å². The lowest BCUT2D eigenvalue weighted by atomic mass is 10.0. The summed E-state index contributed by atoms with van der Waals surface area (Å²) >= 11 is 0. The quantitative estimate of drug-likeness (QED) is 0.450. The molecule has 9 heteroatoms. The van der Waals surface area contributed by atoms with Crippen LogP contribution >= 0.6 is 0 Å².